The molecule has 0 radical (unpaired) electrons. The number of para-hydroxylation sites is 2. The van der Waals surface area contributed by atoms with Gasteiger partial charge in [-0.1, -0.05) is 42.3 Å². The molecule has 3 aromatic rings. The summed E-state index contributed by atoms with van der Waals surface area (Å²) in [6.07, 6.45) is 3.07. The first-order valence-electron chi connectivity index (χ1n) is 9.16. The van der Waals surface area contributed by atoms with Crippen molar-refractivity contribution < 1.29 is 9.84 Å². The van der Waals surface area contributed by atoms with Crippen molar-refractivity contribution in [3.05, 3.63) is 64.9 Å². The van der Waals surface area contributed by atoms with Gasteiger partial charge in [0, 0.05) is 10.9 Å². The zero-order valence-corrected chi connectivity index (χ0v) is 16.6. The topological polar surface area (TPSA) is 47.3 Å². The Kier molecular flexibility index (Phi) is 6.77. The smallest absolute Gasteiger partial charge is 0.113 e. The van der Waals surface area contributed by atoms with Crippen LogP contribution in [0.5, 0.6) is 0 Å². The van der Waals surface area contributed by atoms with E-state index < -0.39 is 6.10 Å². The number of halogens is 2. The van der Waals surface area contributed by atoms with E-state index in [1.807, 2.05) is 42.5 Å². The maximum atomic E-state index is 10.5. The van der Waals surface area contributed by atoms with Crippen molar-refractivity contribution >= 4 is 35.0 Å². The van der Waals surface area contributed by atoms with Crippen LogP contribution in [0.15, 0.2) is 48.5 Å². The van der Waals surface area contributed by atoms with Crippen LogP contribution in [0.4, 0.5) is 0 Å². The summed E-state index contributed by atoms with van der Waals surface area (Å²) in [5.41, 5.74) is 3.14. The van der Waals surface area contributed by atoms with Gasteiger partial charge in [0.15, 0.2) is 0 Å². The molecule has 27 heavy (non-hydrogen) atoms. The molecule has 1 fully saturated rings. The number of aliphatic hydroxyl groups is 1. The Hall–Kier alpha value is -1.59. The van der Waals surface area contributed by atoms with Crippen LogP contribution in [0, 0.1) is 0 Å². The fourth-order valence-corrected chi connectivity index (χ4v) is 3.55. The number of benzene rings is 2. The number of nitrogens with zero attached hydrogens (tertiary/aromatic N) is 2. The summed E-state index contributed by atoms with van der Waals surface area (Å²) in [5, 5.41) is 11.2. The molecule has 1 aliphatic rings. The van der Waals surface area contributed by atoms with E-state index in [-0.39, 0.29) is 12.4 Å². The fraction of sp³-hybridized carbons (Fsp3) is 0.381. The third-order valence-electron chi connectivity index (χ3n) is 5.04. The molecule has 1 heterocycles. The van der Waals surface area contributed by atoms with E-state index in [9.17, 15) is 5.11 Å². The molecular weight excluding hydrogens is 383 g/mol. The lowest BCUT2D eigenvalue weighted by Gasteiger charge is -2.26. The van der Waals surface area contributed by atoms with Crippen LogP contribution in [0.1, 0.15) is 36.6 Å². The number of imidazole rings is 1. The average Bonchev–Trinajstić information content (AvgIpc) is 2.93. The SMILES string of the molecule is Cl.OC(COCc1ccc(Cl)cc1)Cn1c(C2CCC2)nc2ccccc21. The molecule has 1 aromatic heterocycles. The van der Waals surface area contributed by atoms with Crippen molar-refractivity contribution in [3.63, 3.8) is 0 Å². The lowest BCUT2D eigenvalue weighted by atomic mass is 9.85. The first-order chi connectivity index (χ1) is 12.7. The lowest BCUT2D eigenvalue weighted by Crippen LogP contribution is -2.25. The summed E-state index contributed by atoms with van der Waals surface area (Å²) < 4.78 is 7.87. The second-order valence-electron chi connectivity index (χ2n) is 6.99. The van der Waals surface area contributed by atoms with Crippen molar-refractivity contribution in [1.29, 1.82) is 0 Å². The van der Waals surface area contributed by atoms with Gasteiger partial charge < -0.3 is 14.4 Å². The Bertz CT molecular complexity index is 876. The van der Waals surface area contributed by atoms with Gasteiger partial charge in [0.2, 0.25) is 0 Å². The Labute approximate surface area is 170 Å². The number of hydrogen-bond donors (Lipinski definition) is 1. The van der Waals surface area contributed by atoms with E-state index in [4.69, 9.17) is 21.3 Å². The van der Waals surface area contributed by atoms with Gasteiger partial charge in [0.1, 0.15) is 5.82 Å². The highest BCUT2D eigenvalue weighted by atomic mass is 35.5. The predicted molar refractivity (Wildman–Crippen MR) is 111 cm³/mol. The van der Waals surface area contributed by atoms with Crippen LogP contribution in [0.25, 0.3) is 11.0 Å². The van der Waals surface area contributed by atoms with Gasteiger partial charge in [-0.2, -0.15) is 0 Å². The summed E-state index contributed by atoms with van der Waals surface area (Å²) in [6.45, 7) is 1.26. The molecule has 144 valence electrons. The van der Waals surface area contributed by atoms with Crippen LogP contribution < -0.4 is 0 Å². The molecule has 1 unspecified atom stereocenters. The van der Waals surface area contributed by atoms with Gasteiger partial charge in [-0.25, -0.2) is 4.98 Å². The molecule has 2 aromatic carbocycles. The highest BCUT2D eigenvalue weighted by molar-refractivity contribution is 6.30. The standard InChI is InChI=1S/C21H23ClN2O2.ClH/c22-17-10-8-15(9-11-17)13-26-14-18(25)12-24-20-7-2-1-6-19(20)23-21(24)16-4-3-5-16;/h1-2,6-11,16,18,25H,3-5,12-14H2;1H. The number of aromatic nitrogens is 2. The number of rotatable bonds is 7. The van der Waals surface area contributed by atoms with Crippen LogP contribution in [0.3, 0.4) is 0 Å². The van der Waals surface area contributed by atoms with E-state index in [1.54, 1.807) is 0 Å². The molecule has 1 N–H and O–H groups in total. The molecule has 1 saturated carbocycles. The minimum Gasteiger partial charge on any atom is -0.389 e. The van der Waals surface area contributed by atoms with Crippen molar-refractivity contribution in [2.75, 3.05) is 6.61 Å². The van der Waals surface area contributed by atoms with Crippen LogP contribution >= 0.6 is 24.0 Å². The molecular formula is C21H24Cl2N2O2. The molecule has 4 rings (SSSR count). The molecule has 0 aliphatic heterocycles. The Balaban J connectivity index is 0.00000210. The highest BCUT2D eigenvalue weighted by Gasteiger charge is 2.26. The largest absolute Gasteiger partial charge is 0.389 e. The zero-order valence-electron chi connectivity index (χ0n) is 15.1. The highest BCUT2D eigenvalue weighted by Crippen LogP contribution is 2.37. The van der Waals surface area contributed by atoms with Gasteiger partial charge in [0.25, 0.3) is 0 Å². The molecule has 0 bridgehead atoms. The Morgan fingerprint density at radius 3 is 2.59 bits per heavy atom. The summed E-state index contributed by atoms with van der Waals surface area (Å²) in [7, 11) is 0. The van der Waals surface area contributed by atoms with E-state index in [0.717, 1.165) is 22.4 Å². The first kappa shape index (κ1) is 20.2. The van der Waals surface area contributed by atoms with Gasteiger partial charge in [-0.15, -0.1) is 12.4 Å². The number of ether oxygens (including phenoxy) is 1. The quantitative estimate of drug-likeness (QED) is 0.603. The van der Waals surface area contributed by atoms with E-state index in [2.05, 4.69) is 10.6 Å². The maximum absolute atomic E-state index is 10.5. The molecule has 0 spiro atoms. The van der Waals surface area contributed by atoms with Crippen molar-refractivity contribution in [1.82, 2.24) is 9.55 Å². The number of hydrogen-bond acceptors (Lipinski definition) is 3. The molecule has 6 heteroatoms. The summed E-state index contributed by atoms with van der Waals surface area (Å²) in [5.74, 6) is 1.62. The number of aliphatic hydroxyl groups excluding tert-OH is 1. The van der Waals surface area contributed by atoms with E-state index in [0.29, 0.717) is 30.7 Å². The predicted octanol–water partition coefficient (Wildman–Crippen LogP) is 4.96. The molecule has 0 amide bonds. The molecule has 0 saturated heterocycles. The van der Waals surface area contributed by atoms with Gasteiger partial charge in [-0.3, -0.25) is 0 Å². The van der Waals surface area contributed by atoms with Crippen LogP contribution in [-0.4, -0.2) is 27.4 Å². The van der Waals surface area contributed by atoms with Crippen molar-refractivity contribution in [2.24, 2.45) is 0 Å². The summed E-state index contributed by atoms with van der Waals surface area (Å²) in [4.78, 5) is 4.82. The normalized spacial score (nSPS) is 15.3. The van der Waals surface area contributed by atoms with Crippen LogP contribution in [0.2, 0.25) is 5.02 Å². The zero-order chi connectivity index (χ0) is 17.9. The van der Waals surface area contributed by atoms with Crippen LogP contribution in [-0.2, 0) is 17.9 Å². The Morgan fingerprint density at radius 1 is 1.15 bits per heavy atom. The first-order valence-corrected chi connectivity index (χ1v) is 9.54. The third kappa shape index (κ3) is 4.64. The van der Waals surface area contributed by atoms with Crippen molar-refractivity contribution in [2.45, 2.75) is 44.4 Å². The second kappa shape index (κ2) is 9.07. The van der Waals surface area contributed by atoms with Gasteiger partial charge in [-0.05, 0) is 42.7 Å². The summed E-state index contributed by atoms with van der Waals surface area (Å²) in [6, 6.07) is 15.7. The minimum atomic E-state index is -0.571. The monoisotopic (exact) mass is 406 g/mol. The number of fused-ring (bicyclic) bond motifs is 1. The van der Waals surface area contributed by atoms with E-state index >= 15 is 0 Å². The second-order valence-corrected chi connectivity index (χ2v) is 7.43. The third-order valence-corrected chi connectivity index (χ3v) is 5.29. The van der Waals surface area contributed by atoms with Crippen molar-refractivity contribution in [3.8, 4) is 0 Å². The lowest BCUT2D eigenvalue weighted by molar-refractivity contribution is 0.0202. The average molecular weight is 407 g/mol. The Morgan fingerprint density at radius 2 is 1.89 bits per heavy atom. The molecule has 1 atom stereocenters. The molecule has 1 aliphatic carbocycles. The van der Waals surface area contributed by atoms with E-state index in [1.165, 1.54) is 19.3 Å². The molecule has 4 nitrogen and oxygen atoms in total. The minimum absolute atomic E-state index is 0. The maximum Gasteiger partial charge on any atom is 0.113 e. The van der Waals surface area contributed by atoms with Gasteiger partial charge in [0.05, 0.1) is 36.9 Å². The summed E-state index contributed by atoms with van der Waals surface area (Å²) >= 11 is 5.89. The van der Waals surface area contributed by atoms with Gasteiger partial charge >= 0.3 is 0 Å². The fourth-order valence-electron chi connectivity index (χ4n) is 3.42.